The number of likely N-dealkylation sites (tertiary alicyclic amines) is 1. The van der Waals surface area contributed by atoms with E-state index < -0.39 is 0 Å². The number of piperidine rings is 1. The number of halogens is 1. The van der Waals surface area contributed by atoms with Crippen molar-refractivity contribution in [2.24, 2.45) is 5.92 Å². The van der Waals surface area contributed by atoms with Gasteiger partial charge in [0.05, 0.1) is 8.45 Å². The van der Waals surface area contributed by atoms with E-state index in [1.54, 1.807) is 11.3 Å². The number of thiophene rings is 1. The number of hydrogen-bond acceptors (Lipinski definition) is 2. The van der Waals surface area contributed by atoms with Gasteiger partial charge in [0.15, 0.2) is 0 Å². The molecule has 1 saturated heterocycles. The Morgan fingerprint density at radius 2 is 1.95 bits per heavy atom. The SMILES string of the molecule is O=C(c1csc(I)c1)N1CCC(Cc2ccccc2)CC1. The fraction of sp³-hybridized carbons (Fsp3) is 0.353. The standard InChI is InChI=1S/C17H18INOS/c18-16-11-15(12-21-16)17(20)19-8-6-14(7-9-19)10-13-4-2-1-3-5-13/h1-5,11-12,14H,6-10H2. The van der Waals surface area contributed by atoms with Crippen molar-refractivity contribution in [3.63, 3.8) is 0 Å². The molecule has 2 aromatic rings. The van der Waals surface area contributed by atoms with Gasteiger partial charge in [-0.2, -0.15) is 0 Å². The van der Waals surface area contributed by atoms with Crippen LogP contribution >= 0.6 is 33.9 Å². The van der Waals surface area contributed by atoms with Gasteiger partial charge in [-0.3, -0.25) is 4.79 Å². The highest BCUT2D eigenvalue weighted by Gasteiger charge is 2.24. The Bertz CT molecular complexity index is 602. The van der Waals surface area contributed by atoms with Crippen molar-refractivity contribution in [1.82, 2.24) is 4.90 Å². The number of carbonyl (C=O) groups is 1. The van der Waals surface area contributed by atoms with E-state index in [1.165, 1.54) is 8.45 Å². The number of benzene rings is 1. The van der Waals surface area contributed by atoms with Gasteiger partial charge in [0.1, 0.15) is 0 Å². The fourth-order valence-corrected chi connectivity index (χ4v) is 4.21. The predicted molar refractivity (Wildman–Crippen MR) is 95.8 cm³/mol. The predicted octanol–water partition coefficient (Wildman–Crippen LogP) is 4.45. The molecule has 0 aliphatic carbocycles. The second kappa shape index (κ2) is 6.92. The summed E-state index contributed by atoms with van der Waals surface area (Å²) in [6.45, 7) is 1.78. The van der Waals surface area contributed by atoms with Crippen LogP contribution in [-0.2, 0) is 6.42 Å². The van der Waals surface area contributed by atoms with E-state index in [2.05, 4.69) is 52.9 Å². The molecule has 2 nitrogen and oxygen atoms in total. The van der Waals surface area contributed by atoms with Gasteiger partial charge < -0.3 is 4.90 Å². The highest BCUT2D eigenvalue weighted by molar-refractivity contribution is 14.1. The first-order valence-corrected chi connectivity index (χ1v) is 9.25. The minimum atomic E-state index is 0.201. The molecule has 1 aromatic heterocycles. The van der Waals surface area contributed by atoms with Crippen LogP contribution in [0.25, 0.3) is 0 Å². The van der Waals surface area contributed by atoms with Crippen LogP contribution in [0.1, 0.15) is 28.8 Å². The van der Waals surface area contributed by atoms with Gasteiger partial charge in [-0.25, -0.2) is 0 Å². The summed E-state index contributed by atoms with van der Waals surface area (Å²) in [7, 11) is 0. The Hall–Kier alpha value is -0.880. The summed E-state index contributed by atoms with van der Waals surface area (Å²) >= 11 is 3.91. The molecule has 0 bridgehead atoms. The maximum Gasteiger partial charge on any atom is 0.254 e. The molecule has 4 heteroatoms. The molecule has 0 saturated carbocycles. The maximum absolute atomic E-state index is 12.4. The van der Waals surface area contributed by atoms with Crippen molar-refractivity contribution in [3.8, 4) is 0 Å². The Morgan fingerprint density at radius 3 is 2.57 bits per heavy atom. The van der Waals surface area contributed by atoms with Crippen LogP contribution in [0.3, 0.4) is 0 Å². The molecule has 110 valence electrons. The molecule has 0 radical (unpaired) electrons. The Balaban J connectivity index is 1.54. The van der Waals surface area contributed by atoms with Crippen LogP contribution in [0.5, 0.6) is 0 Å². The van der Waals surface area contributed by atoms with Gasteiger partial charge in [0.2, 0.25) is 0 Å². The van der Waals surface area contributed by atoms with Crippen molar-refractivity contribution in [1.29, 1.82) is 0 Å². The minimum absolute atomic E-state index is 0.201. The second-order valence-corrected chi connectivity index (χ2v) is 8.37. The lowest BCUT2D eigenvalue weighted by Gasteiger charge is -2.32. The maximum atomic E-state index is 12.4. The molecular weight excluding hydrogens is 393 g/mol. The lowest BCUT2D eigenvalue weighted by molar-refractivity contribution is 0.0691. The van der Waals surface area contributed by atoms with Crippen LogP contribution in [0.2, 0.25) is 0 Å². The molecule has 1 aliphatic heterocycles. The van der Waals surface area contributed by atoms with Gasteiger partial charge in [-0.1, -0.05) is 30.3 Å². The van der Waals surface area contributed by atoms with E-state index in [4.69, 9.17) is 0 Å². The summed E-state index contributed by atoms with van der Waals surface area (Å²) in [6, 6.07) is 12.7. The van der Waals surface area contributed by atoms with Crippen LogP contribution in [0, 0.1) is 8.80 Å². The topological polar surface area (TPSA) is 20.3 Å². The van der Waals surface area contributed by atoms with Crippen molar-refractivity contribution >= 4 is 39.8 Å². The van der Waals surface area contributed by atoms with Crippen LogP contribution in [-0.4, -0.2) is 23.9 Å². The van der Waals surface area contributed by atoms with Crippen molar-refractivity contribution in [2.75, 3.05) is 13.1 Å². The van der Waals surface area contributed by atoms with Crippen molar-refractivity contribution in [3.05, 3.63) is 55.8 Å². The highest BCUT2D eigenvalue weighted by Crippen LogP contribution is 2.24. The van der Waals surface area contributed by atoms with Crippen LogP contribution < -0.4 is 0 Å². The summed E-state index contributed by atoms with van der Waals surface area (Å²) in [5.41, 5.74) is 2.26. The first-order chi connectivity index (χ1) is 10.2. The Morgan fingerprint density at radius 1 is 1.24 bits per heavy atom. The molecule has 0 N–H and O–H groups in total. The summed E-state index contributed by atoms with van der Waals surface area (Å²) in [5.74, 6) is 0.909. The molecule has 0 spiro atoms. The summed E-state index contributed by atoms with van der Waals surface area (Å²) < 4.78 is 1.18. The molecule has 1 fully saturated rings. The number of hydrogen-bond donors (Lipinski definition) is 0. The molecular formula is C17H18INOS. The first kappa shape index (κ1) is 15.0. The molecule has 1 aromatic carbocycles. The van der Waals surface area contributed by atoms with Crippen molar-refractivity contribution < 1.29 is 4.79 Å². The van der Waals surface area contributed by atoms with E-state index in [-0.39, 0.29) is 5.91 Å². The van der Waals surface area contributed by atoms with E-state index >= 15 is 0 Å². The third-order valence-corrected chi connectivity index (χ3v) is 5.87. The second-order valence-electron chi connectivity index (χ2n) is 5.56. The third kappa shape index (κ3) is 3.86. The Kier molecular flexibility index (Phi) is 4.95. The summed E-state index contributed by atoms with van der Waals surface area (Å²) in [4.78, 5) is 14.4. The van der Waals surface area contributed by atoms with Crippen LogP contribution in [0.15, 0.2) is 41.8 Å². The van der Waals surface area contributed by atoms with Gasteiger partial charge >= 0.3 is 0 Å². The molecule has 3 rings (SSSR count). The number of rotatable bonds is 3. The van der Waals surface area contributed by atoms with Gasteiger partial charge in [0, 0.05) is 18.5 Å². The van der Waals surface area contributed by atoms with Gasteiger partial charge in [-0.05, 0) is 59.4 Å². The minimum Gasteiger partial charge on any atom is -0.339 e. The molecule has 1 amide bonds. The monoisotopic (exact) mass is 411 g/mol. The van der Waals surface area contributed by atoms with E-state index in [0.29, 0.717) is 5.92 Å². The third-order valence-electron chi connectivity index (χ3n) is 4.08. The number of amides is 1. The zero-order valence-electron chi connectivity index (χ0n) is 11.8. The summed E-state index contributed by atoms with van der Waals surface area (Å²) in [6.07, 6.45) is 3.36. The molecule has 1 aliphatic rings. The van der Waals surface area contributed by atoms with Gasteiger partial charge in [0.25, 0.3) is 5.91 Å². The molecule has 0 unspecified atom stereocenters. The number of carbonyl (C=O) groups excluding carboxylic acids is 1. The largest absolute Gasteiger partial charge is 0.339 e. The van der Waals surface area contributed by atoms with E-state index in [0.717, 1.165) is 37.9 Å². The molecule has 0 atom stereocenters. The van der Waals surface area contributed by atoms with E-state index in [9.17, 15) is 4.79 Å². The van der Waals surface area contributed by atoms with E-state index in [1.807, 2.05) is 16.3 Å². The van der Waals surface area contributed by atoms with Crippen LogP contribution in [0.4, 0.5) is 0 Å². The molecule has 21 heavy (non-hydrogen) atoms. The highest BCUT2D eigenvalue weighted by atomic mass is 127. The van der Waals surface area contributed by atoms with Crippen molar-refractivity contribution in [2.45, 2.75) is 19.3 Å². The summed E-state index contributed by atoms with van der Waals surface area (Å²) in [5, 5.41) is 1.97. The first-order valence-electron chi connectivity index (χ1n) is 7.29. The number of nitrogens with zero attached hydrogens (tertiary/aromatic N) is 1. The Labute approximate surface area is 143 Å². The van der Waals surface area contributed by atoms with Gasteiger partial charge in [-0.15, -0.1) is 11.3 Å². The molecule has 2 heterocycles. The normalized spacial score (nSPS) is 16.1. The zero-order chi connectivity index (χ0) is 14.7. The lowest BCUT2D eigenvalue weighted by atomic mass is 9.90. The average molecular weight is 411 g/mol. The zero-order valence-corrected chi connectivity index (χ0v) is 14.8. The lowest BCUT2D eigenvalue weighted by Crippen LogP contribution is -2.38. The average Bonchev–Trinajstić information content (AvgIpc) is 2.95. The fourth-order valence-electron chi connectivity index (χ4n) is 2.89. The quantitative estimate of drug-likeness (QED) is 0.684. The smallest absolute Gasteiger partial charge is 0.254 e.